The molecule has 3 aromatic carbocycles. The fourth-order valence-corrected chi connectivity index (χ4v) is 5.99. The van der Waals surface area contributed by atoms with Crippen molar-refractivity contribution in [3.05, 3.63) is 81.7 Å². The van der Waals surface area contributed by atoms with Crippen molar-refractivity contribution in [1.29, 1.82) is 0 Å². The van der Waals surface area contributed by atoms with Gasteiger partial charge in [0.25, 0.3) is 0 Å². The van der Waals surface area contributed by atoms with Gasteiger partial charge in [0.15, 0.2) is 10.8 Å². The van der Waals surface area contributed by atoms with Crippen LogP contribution in [-0.2, 0) is 9.53 Å². The molecule has 8 nitrogen and oxygen atoms in total. The molecule has 0 bridgehead atoms. The van der Waals surface area contributed by atoms with Gasteiger partial charge in [0.1, 0.15) is 5.52 Å². The molecule has 1 fully saturated rings. The van der Waals surface area contributed by atoms with Gasteiger partial charge in [-0.15, -0.1) is 0 Å². The van der Waals surface area contributed by atoms with E-state index in [1.807, 2.05) is 10.6 Å². The minimum absolute atomic E-state index is 0.0910. The van der Waals surface area contributed by atoms with Crippen LogP contribution in [0.25, 0.3) is 27.6 Å². The molecule has 196 valence electrons. The Balaban J connectivity index is 1.33. The van der Waals surface area contributed by atoms with E-state index in [-0.39, 0.29) is 16.9 Å². The number of halogens is 2. The van der Waals surface area contributed by atoms with Crippen LogP contribution in [0, 0.1) is 0 Å². The molecule has 0 radical (unpaired) electrons. The summed E-state index contributed by atoms with van der Waals surface area (Å²) in [6.07, 6.45) is 4.00. The summed E-state index contributed by atoms with van der Waals surface area (Å²) in [5.41, 5.74) is 4.34. The van der Waals surface area contributed by atoms with Crippen LogP contribution in [0.5, 0.6) is 0 Å². The summed E-state index contributed by atoms with van der Waals surface area (Å²) in [5.74, 6) is -0.000716. The lowest BCUT2D eigenvalue weighted by Crippen LogP contribution is -2.15. The van der Waals surface area contributed by atoms with Crippen LogP contribution in [0.15, 0.2) is 70.4 Å². The molecule has 1 saturated carbocycles. The van der Waals surface area contributed by atoms with Gasteiger partial charge >= 0.3 is 5.97 Å². The van der Waals surface area contributed by atoms with Crippen molar-refractivity contribution < 1.29 is 14.3 Å². The molecule has 0 saturated heterocycles. The van der Waals surface area contributed by atoms with Gasteiger partial charge in [-0.3, -0.25) is 9.36 Å². The molecular formula is C28H21BrClN5O3S. The average Bonchev–Trinajstić information content (AvgIpc) is 3.73. The second-order valence-electron chi connectivity index (χ2n) is 9.09. The molecule has 1 aliphatic rings. The Hall–Kier alpha value is -3.47. The van der Waals surface area contributed by atoms with E-state index < -0.39 is 5.97 Å². The molecular weight excluding hydrogens is 602 g/mol. The minimum Gasteiger partial charge on any atom is -0.465 e. The SMILES string of the molecule is COC(=O)c1ccc(NC(=O)CSc2nc3cnc(Cl)nc3n2-c2ccc(C3CC3)c3ccccc23)c(Br)c1. The zero-order valence-corrected chi connectivity index (χ0v) is 23.8. The number of benzene rings is 3. The second-order valence-corrected chi connectivity index (χ2v) is 11.2. The minimum atomic E-state index is -0.455. The number of aromatic nitrogens is 4. The molecule has 5 aromatic rings. The molecule has 11 heteroatoms. The summed E-state index contributed by atoms with van der Waals surface area (Å²) in [5, 5.41) is 5.88. The summed E-state index contributed by atoms with van der Waals surface area (Å²) in [4.78, 5) is 38.0. The number of fused-ring (bicyclic) bond motifs is 2. The summed E-state index contributed by atoms with van der Waals surface area (Å²) >= 11 is 10.9. The standard InChI is InChI=1S/C28H21BrClN5O3S/c1-38-26(37)16-8-10-21(20(29)12-16)32-24(36)14-39-28-33-22-13-31-27(30)34-25(22)35(28)23-11-9-17(15-6-7-15)18-4-2-3-5-19(18)23/h2-5,8-13,15H,6-7,14H2,1H3,(H,32,36). The van der Waals surface area contributed by atoms with Crippen LogP contribution in [-0.4, -0.2) is 44.3 Å². The fraction of sp³-hybridized carbons (Fsp3) is 0.179. The van der Waals surface area contributed by atoms with Crippen molar-refractivity contribution in [1.82, 2.24) is 19.5 Å². The predicted molar refractivity (Wildman–Crippen MR) is 156 cm³/mol. The van der Waals surface area contributed by atoms with E-state index in [2.05, 4.69) is 61.5 Å². The second kappa shape index (κ2) is 10.6. The van der Waals surface area contributed by atoms with Gasteiger partial charge in [-0.25, -0.2) is 14.8 Å². The number of carbonyl (C=O) groups is 2. The zero-order valence-electron chi connectivity index (χ0n) is 20.6. The average molecular weight is 623 g/mol. The van der Waals surface area contributed by atoms with Gasteiger partial charge in [-0.05, 0) is 81.5 Å². The van der Waals surface area contributed by atoms with Crippen LogP contribution < -0.4 is 5.32 Å². The van der Waals surface area contributed by atoms with Crippen LogP contribution in [0.3, 0.4) is 0 Å². The molecule has 1 aliphatic carbocycles. The number of ether oxygens (including phenoxy) is 1. The highest BCUT2D eigenvalue weighted by molar-refractivity contribution is 9.10. The number of methoxy groups -OCH3 is 1. The van der Waals surface area contributed by atoms with E-state index in [4.69, 9.17) is 21.3 Å². The first-order chi connectivity index (χ1) is 18.9. The van der Waals surface area contributed by atoms with Crippen molar-refractivity contribution >= 4 is 78.8 Å². The lowest BCUT2D eigenvalue weighted by atomic mass is 9.99. The summed E-state index contributed by atoms with van der Waals surface area (Å²) in [7, 11) is 1.32. The number of nitrogens with one attached hydrogen (secondary N) is 1. The number of carbonyl (C=O) groups excluding carboxylic acids is 2. The first kappa shape index (κ1) is 25.8. The third-order valence-corrected chi connectivity index (χ3v) is 8.31. The van der Waals surface area contributed by atoms with Crippen molar-refractivity contribution in [3.63, 3.8) is 0 Å². The third kappa shape index (κ3) is 5.11. The number of esters is 1. The first-order valence-corrected chi connectivity index (χ1v) is 14.3. The van der Waals surface area contributed by atoms with Gasteiger partial charge in [0.2, 0.25) is 11.2 Å². The summed E-state index contributed by atoms with van der Waals surface area (Å²) < 4.78 is 7.27. The number of thioether (sulfide) groups is 1. The van der Waals surface area contributed by atoms with Gasteiger partial charge < -0.3 is 10.1 Å². The fourth-order valence-electron chi connectivity index (χ4n) is 4.58. The number of rotatable bonds is 7. The third-order valence-electron chi connectivity index (χ3n) is 6.53. The topological polar surface area (TPSA) is 99.0 Å². The Bertz CT molecular complexity index is 1770. The van der Waals surface area contributed by atoms with E-state index in [0.29, 0.717) is 38.0 Å². The maximum atomic E-state index is 12.9. The smallest absolute Gasteiger partial charge is 0.337 e. The molecule has 1 amide bonds. The van der Waals surface area contributed by atoms with Gasteiger partial charge in [-0.1, -0.05) is 42.1 Å². The van der Waals surface area contributed by atoms with Crippen LogP contribution in [0.1, 0.15) is 34.7 Å². The lowest BCUT2D eigenvalue weighted by Gasteiger charge is -2.14. The number of hydrogen-bond acceptors (Lipinski definition) is 7. The van der Waals surface area contributed by atoms with E-state index in [0.717, 1.165) is 11.1 Å². The maximum Gasteiger partial charge on any atom is 0.337 e. The highest BCUT2D eigenvalue weighted by Crippen LogP contribution is 2.44. The highest BCUT2D eigenvalue weighted by Gasteiger charge is 2.27. The van der Waals surface area contributed by atoms with E-state index >= 15 is 0 Å². The Morgan fingerprint density at radius 3 is 2.67 bits per heavy atom. The predicted octanol–water partition coefficient (Wildman–Crippen LogP) is 6.78. The zero-order chi connectivity index (χ0) is 27.1. The number of imidazole rings is 1. The number of hydrogen-bond donors (Lipinski definition) is 1. The Morgan fingerprint density at radius 2 is 1.92 bits per heavy atom. The largest absolute Gasteiger partial charge is 0.465 e. The molecule has 39 heavy (non-hydrogen) atoms. The summed E-state index contributed by atoms with van der Waals surface area (Å²) in [6.45, 7) is 0. The monoisotopic (exact) mass is 621 g/mol. The van der Waals surface area contributed by atoms with Crippen LogP contribution >= 0.6 is 39.3 Å². The Kier molecular flexibility index (Phi) is 7.01. The Morgan fingerprint density at radius 1 is 1.13 bits per heavy atom. The van der Waals surface area contributed by atoms with Crippen LogP contribution in [0.4, 0.5) is 5.69 Å². The maximum absolute atomic E-state index is 12.9. The van der Waals surface area contributed by atoms with Crippen molar-refractivity contribution in [2.45, 2.75) is 23.9 Å². The van der Waals surface area contributed by atoms with Gasteiger partial charge in [0.05, 0.1) is 36.0 Å². The molecule has 0 spiro atoms. The molecule has 0 aliphatic heterocycles. The Labute approximate surface area is 241 Å². The van der Waals surface area contributed by atoms with Crippen molar-refractivity contribution in [3.8, 4) is 5.69 Å². The molecule has 0 unspecified atom stereocenters. The van der Waals surface area contributed by atoms with E-state index in [1.54, 1.807) is 24.4 Å². The highest BCUT2D eigenvalue weighted by atomic mass is 79.9. The molecule has 6 rings (SSSR count). The quantitative estimate of drug-likeness (QED) is 0.121. The normalized spacial score (nSPS) is 13.1. The van der Waals surface area contributed by atoms with E-state index in [1.165, 1.54) is 42.7 Å². The molecule has 2 aromatic heterocycles. The van der Waals surface area contributed by atoms with Crippen molar-refractivity contribution in [2.24, 2.45) is 0 Å². The van der Waals surface area contributed by atoms with Crippen LogP contribution in [0.2, 0.25) is 5.28 Å². The van der Waals surface area contributed by atoms with Crippen molar-refractivity contribution in [2.75, 3.05) is 18.2 Å². The number of nitrogens with zero attached hydrogens (tertiary/aromatic N) is 4. The van der Waals surface area contributed by atoms with Gasteiger partial charge in [0, 0.05) is 9.86 Å². The lowest BCUT2D eigenvalue weighted by molar-refractivity contribution is -0.113. The summed E-state index contributed by atoms with van der Waals surface area (Å²) in [6, 6.07) is 17.5. The molecule has 2 heterocycles. The molecule has 0 atom stereocenters. The van der Waals surface area contributed by atoms with Gasteiger partial charge in [-0.2, -0.15) is 4.98 Å². The first-order valence-electron chi connectivity index (χ1n) is 12.2. The number of anilines is 1. The number of amides is 1. The molecule has 1 N–H and O–H groups in total. The van der Waals surface area contributed by atoms with E-state index in [9.17, 15) is 9.59 Å².